The molecule has 2 heterocycles. The summed E-state index contributed by atoms with van der Waals surface area (Å²) in [5.74, 6) is 2.20. The number of aryl methyl sites for hydroxylation is 2. The van der Waals surface area contributed by atoms with Crippen LogP contribution in [0.1, 0.15) is 71.9 Å². The summed E-state index contributed by atoms with van der Waals surface area (Å²) in [4.78, 5) is 13.1. The number of hydrogen-bond acceptors (Lipinski definition) is 6. The molecule has 2 aliphatic carbocycles. The summed E-state index contributed by atoms with van der Waals surface area (Å²) in [5, 5.41) is 5.38. The maximum atomic E-state index is 5.43. The maximum Gasteiger partial charge on any atom is 0.240 e. The molecule has 0 saturated heterocycles. The number of thiazole rings is 1. The topological polar surface area (TPSA) is 55.1 Å². The molecule has 1 fully saturated rings. The first-order chi connectivity index (χ1) is 10.7. The maximum absolute atomic E-state index is 5.43. The van der Waals surface area contributed by atoms with E-state index in [1.165, 1.54) is 41.3 Å². The fraction of sp³-hybridized carbons (Fsp3) is 0.688. The molecule has 1 saturated carbocycles. The van der Waals surface area contributed by atoms with Crippen molar-refractivity contribution in [2.24, 2.45) is 0 Å². The van der Waals surface area contributed by atoms with E-state index in [1.54, 1.807) is 0 Å². The molecule has 2 aromatic heterocycles. The van der Waals surface area contributed by atoms with Crippen LogP contribution in [0.15, 0.2) is 4.52 Å². The van der Waals surface area contributed by atoms with Gasteiger partial charge in [-0.2, -0.15) is 4.98 Å². The molecule has 4 rings (SSSR count). The third-order valence-electron chi connectivity index (χ3n) is 4.61. The highest BCUT2D eigenvalue weighted by Gasteiger charge is 2.31. The van der Waals surface area contributed by atoms with Crippen LogP contribution >= 0.6 is 11.3 Å². The van der Waals surface area contributed by atoms with Crippen LogP contribution in [0.25, 0.3) is 0 Å². The highest BCUT2D eigenvalue weighted by Crippen LogP contribution is 2.39. The Balaban J connectivity index is 1.50. The Hall–Kier alpha value is -1.27. The third kappa shape index (κ3) is 2.70. The second kappa shape index (κ2) is 5.74. The van der Waals surface area contributed by atoms with Crippen molar-refractivity contribution in [1.82, 2.24) is 20.0 Å². The van der Waals surface area contributed by atoms with Gasteiger partial charge >= 0.3 is 0 Å². The molecule has 0 aromatic carbocycles. The second-order valence-corrected chi connectivity index (χ2v) is 7.53. The Bertz CT molecular complexity index is 661. The zero-order valence-corrected chi connectivity index (χ0v) is 14.0. The van der Waals surface area contributed by atoms with Crippen LogP contribution < -0.4 is 0 Å². The molecule has 5 nitrogen and oxygen atoms in total. The molecule has 118 valence electrons. The second-order valence-electron chi connectivity index (χ2n) is 6.42. The lowest BCUT2D eigenvalue weighted by Crippen LogP contribution is -2.26. The monoisotopic (exact) mass is 318 g/mol. The summed E-state index contributed by atoms with van der Waals surface area (Å²) in [6.45, 7) is 2.91. The summed E-state index contributed by atoms with van der Waals surface area (Å²) >= 11 is 1.88. The highest BCUT2D eigenvalue weighted by atomic mass is 32.1. The van der Waals surface area contributed by atoms with E-state index in [1.807, 2.05) is 11.3 Å². The van der Waals surface area contributed by atoms with Crippen LogP contribution in [-0.2, 0) is 19.4 Å². The zero-order chi connectivity index (χ0) is 15.1. The minimum Gasteiger partial charge on any atom is -0.338 e. The van der Waals surface area contributed by atoms with Crippen molar-refractivity contribution in [3.8, 4) is 0 Å². The Morgan fingerprint density at radius 1 is 1.27 bits per heavy atom. The predicted molar refractivity (Wildman–Crippen MR) is 84.9 cm³/mol. The average Bonchev–Trinajstić information content (AvgIpc) is 3.12. The van der Waals surface area contributed by atoms with Gasteiger partial charge in [0.25, 0.3) is 0 Å². The molecular weight excluding hydrogens is 296 g/mol. The van der Waals surface area contributed by atoms with Crippen molar-refractivity contribution in [1.29, 1.82) is 0 Å². The molecule has 2 aliphatic rings. The van der Waals surface area contributed by atoms with Gasteiger partial charge in [0.2, 0.25) is 5.89 Å². The number of hydrogen-bond donors (Lipinski definition) is 0. The summed E-state index contributed by atoms with van der Waals surface area (Å²) in [6.07, 6.45) is 6.98. The van der Waals surface area contributed by atoms with Gasteiger partial charge in [0, 0.05) is 16.8 Å². The van der Waals surface area contributed by atoms with Crippen molar-refractivity contribution >= 4 is 11.3 Å². The molecule has 22 heavy (non-hydrogen) atoms. The SMILES string of the molecule is CCc1nc2c(s1)[C@@H](N(C)Cc1nc(C3CC3)no1)CCC2. The number of rotatable bonds is 5. The highest BCUT2D eigenvalue weighted by molar-refractivity contribution is 7.11. The van der Waals surface area contributed by atoms with Gasteiger partial charge in [-0.25, -0.2) is 4.98 Å². The predicted octanol–water partition coefficient (Wildman–Crippen LogP) is 3.48. The fourth-order valence-corrected chi connectivity index (χ4v) is 4.44. The van der Waals surface area contributed by atoms with Crippen LogP contribution in [0.5, 0.6) is 0 Å². The smallest absolute Gasteiger partial charge is 0.240 e. The van der Waals surface area contributed by atoms with Gasteiger partial charge in [-0.15, -0.1) is 11.3 Å². The van der Waals surface area contributed by atoms with Gasteiger partial charge < -0.3 is 4.52 Å². The van der Waals surface area contributed by atoms with Gasteiger partial charge in [0.05, 0.1) is 17.2 Å². The largest absolute Gasteiger partial charge is 0.338 e. The Morgan fingerprint density at radius 3 is 2.91 bits per heavy atom. The van der Waals surface area contributed by atoms with Crippen LogP contribution in [0.4, 0.5) is 0 Å². The molecule has 1 atom stereocenters. The normalized spacial score (nSPS) is 21.3. The minimum atomic E-state index is 0.442. The van der Waals surface area contributed by atoms with Crippen LogP contribution in [0.3, 0.4) is 0 Å². The van der Waals surface area contributed by atoms with E-state index in [-0.39, 0.29) is 0 Å². The first-order valence-corrected chi connectivity index (χ1v) is 9.07. The molecule has 0 aliphatic heterocycles. The van der Waals surface area contributed by atoms with E-state index in [4.69, 9.17) is 9.51 Å². The molecular formula is C16H22N4OS. The summed E-state index contributed by atoms with van der Waals surface area (Å²) in [6, 6.07) is 0.442. The molecule has 2 aromatic rings. The van der Waals surface area contributed by atoms with Gasteiger partial charge in [-0.3, -0.25) is 4.90 Å². The van der Waals surface area contributed by atoms with Crippen molar-refractivity contribution in [2.45, 2.75) is 64.0 Å². The van der Waals surface area contributed by atoms with Crippen molar-refractivity contribution < 1.29 is 4.52 Å². The van der Waals surface area contributed by atoms with E-state index in [0.29, 0.717) is 12.0 Å². The Labute approximate surface area is 134 Å². The molecule has 0 amide bonds. The lowest BCUT2D eigenvalue weighted by molar-refractivity contribution is 0.189. The van der Waals surface area contributed by atoms with Crippen LogP contribution in [0, 0.1) is 0 Å². The lowest BCUT2D eigenvalue weighted by atomic mass is 9.97. The molecule has 6 heteroatoms. The molecule has 0 N–H and O–H groups in total. The number of fused-ring (bicyclic) bond motifs is 1. The Morgan fingerprint density at radius 2 is 2.14 bits per heavy atom. The Kier molecular flexibility index (Phi) is 3.74. The lowest BCUT2D eigenvalue weighted by Gasteiger charge is -2.29. The van der Waals surface area contributed by atoms with Crippen molar-refractivity contribution in [3.05, 3.63) is 27.3 Å². The summed E-state index contributed by atoms with van der Waals surface area (Å²) < 4.78 is 5.43. The fourth-order valence-electron chi connectivity index (χ4n) is 3.18. The van der Waals surface area contributed by atoms with Crippen LogP contribution in [-0.4, -0.2) is 27.1 Å². The van der Waals surface area contributed by atoms with Gasteiger partial charge in [0.15, 0.2) is 5.82 Å². The van der Waals surface area contributed by atoms with E-state index in [2.05, 4.69) is 29.0 Å². The average molecular weight is 318 g/mol. The summed E-state index contributed by atoms with van der Waals surface area (Å²) in [5.41, 5.74) is 1.31. The first-order valence-electron chi connectivity index (χ1n) is 8.25. The number of aromatic nitrogens is 3. The van der Waals surface area contributed by atoms with Gasteiger partial charge in [-0.1, -0.05) is 12.1 Å². The van der Waals surface area contributed by atoms with Crippen LogP contribution in [0.2, 0.25) is 0 Å². The quantitative estimate of drug-likeness (QED) is 0.845. The van der Waals surface area contributed by atoms with E-state index in [0.717, 1.165) is 31.1 Å². The summed E-state index contributed by atoms with van der Waals surface area (Å²) in [7, 11) is 2.16. The molecule has 0 spiro atoms. The zero-order valence-electron chi connectivity index (χ0n) is 13.2. The van der Waals surface area contributed by atoms with E-state index in [9.17, 15) is 0 Å². The van der Waals surface area contributed by atoms with Gasteiger partial charge in [-0.05, 0) is 45.6 Å². The standard InChI is InChI=1S/C16H22N4OS/c1-3-14-17-11-5-4-6-12(15(11)22-14)20(2)9-13-18-16(19-21-13)10-7-8-10/h10,12H,3-9H2,1-2H3/t12-/m0/s1. The van der Waals surface area contributed by atoms with Crippen molar-refractivity contribution in [2.75, 3.05) is 7.05 Å². The van der Waals surface area contributed by atoms with E-state index >= 15 is 0 Å². The molecule has 0 radical (unpaired) electrons. The third-order valence-corrected chi connectivity index (χ3v) is 5.95. The van der Waals surface area contributed by atoms with E-state index < -0.39 is 0 Å². The molecule has 0 unspecified atom stereocenters. The van der Waals surface area contributed by atoms with Gasteiger partial charge in [0.1, 0.15) is 0 Å². The molecule has 0 bridgehead atoms. The minimum absolute atomic E-state index is 0.442. The number of nitrogens with zero attached hydrogens (tertiary/aromatic N) is 4. The van der Waals surface area contributed by atoms with Crippen molar-refractivity contribution in [3.63, 3.8) is 0 Å². The first kappa shape index (κ1) is 14.3.